The maximum absolute atomic E-state index is 11.6. The highest BCUT2D eigenvalue weighted by Crippen LogP contribution is 2.69. The SMILES string of the molecule is CCCC[C@H](C)[C@H]1CC[C@H]2[C@@H]3[C@H](OCCOS(C)(=O)=O)C[C@@H]4C[C@H](OCCC)CC[C@]4(C)[C@H]3C[C@H](OCCC)[C@]12C. The first-order valence-electron chi connectivity index (χ1n) is 17.2. The fourth-order valence-corrected chi connectivity index (χ4v) is 10.7. The Labute approximate surface area is 252 Å². The van der Waals surface area contributed by atoms with Crippen molar-refractivity contribution in [2.45, 2.75) is 137 Å². The van der Waals surface area contributed by atoms with Gasteiger partial charge in [0.25, 0.3) is 10.1 Å². The summed E-state index contributed by atoms with van der Waals surface area (Å²) in [5, 5.41) is 0. The summed E-state index contributed by atoms with van der Waals surface area (Å²) in [6.07, 6.45) is 16.1. The van der Waals surface area contributed by atoms with Crippen LogP contribution in [0.3, 0.4) is 0 Å². The monoisotopic (exact) mass is 598 g/mol. The average molecular weight is 599 g/mol. The lowest BCUT2D eigenvalue weighted by Gasteiger charge is -2.64. The van der Waals surface area contributed by atoms with Gasteiger partial charge in [-0.1, -0.05) is 60.8 Å². The van der Waals surface area contributed by atoms with Gasteiger partial charge in [0, 0.05) is 18.6 Å². The van der Waals surface area contributed by atoms with Crippen LogP contribution in [0.5, 0.6) is 0 Å². The van der Waals surface area contributed by atoms with Crippen molar-refractivity contribution in [2.75, 3.05) is 32.7 Å². The molecule has 4 fully saturated rings. The molecule has 0 aromatic carbocycles. The normalized spacial score (nSPS) is 41.4. The molecule has 4 aliphatic carbocycles. The fourth-order valence-electron chi connectivity index (χ4n) is 10.3. The van der Waals surface area contributed by atoms with Gasteiger partial charge in [-0.15, -0.1) is 0 Å². The molecular weight excluding hydrogens is 536 g/mol. The molecule has 7 heteroatoms. The Morgan fingerprint density at radius 1 is 0.829 bits per heavy atom. The highest BCUT2D eigenvalue weighted by Gasteiger charge is 2.66. The molecule has 0 aliphatic heterocycles. The van der Waals surface area contributed by atoms with Gasteiger partial charge in [0.2, 0.25) is 0 Å². The zero-order valence-corrected chi connectivity index (χ0v) is 28.2. The Morgan fingerprint density at radius 2 is 1.56 bits per heavy atom. The predicted octanol–water partition coefficient (Wildman–Crippen LogP) is 7.64. The van der Waals surface area contributed by atoms with Gasteiger partial charge in [-0.05, 0) is 98.7 Å². The summed E-state index contributed by atoms with van der Waals surface area (Å²) in [5.41, 5.74) is 0.417. The Balaban J connectivity index is 1.65. The summed E-state index contributed by atoms with van der Waals surface area (Å²) < 4.78 is 48.3. The van der Waals surface area contributed by atoms with Crippen LogP contribution in [0.25, 0.3) is 0 Å². The fraction of sp³-hybridized carbons (Fsp3) is 1.00. The van der Waals surface area contributed by atoms with E-state index in [2.05, 4.69) is 41.5 Å². The lowest BCUT2D eigenvalue weighted by atomic mass is 9.43. The molecule has 240 valence electrons. The number of hydrogen-bond donors (Lipinski definition) is 0. The third kappa shape index (κ3) is 7.21. The first-order valence-corrected chi connectivity index (χ1v) is 19.0. The van der Waals surface area contributed by atoms with Gasteiger partial charge in [0.1, 0.15) is 0 Å². The van der Waals surface area contributed by atoms with Crippen molar-refractivity contribution in [3.05, 3.63) is 0 Å². The van der Waals surface area contributed by atoms with E-state index in [1.165, 1.54) is 38.5 Å². The molecule has 0 aromatic heterocycles. The van der Waals surface area contributed by atoms with E-state index in [4.69, 9.17) is 18.4 Å². The molecule has 11 atom stereocenters. The van der Waals surface area contributed by atoms with Crippen LogP contribution in [0.1, 0.15) is 119 Å². The van der Waals surface area contributed by atoms with Gasteiger partial charge < -0.3 is 14.2 Å². The van der Waals surface area contributed by atoms with Gasteiger partial charge in [0.15, 0.2) is 0 Å². The molecule has 0 bridgehead atoms. The van der Waals surface area contributed by atoms with Crippen LogP contribution in [0.2, 0.25) is 0 Å². The van der Waals surface area contributed by atoms with Crippen molar-refractivity contribution in [2.24, 2.45) is 46.3 Å². The molecule has 0 spiro atoms. The summed E-state index contributed by atoms with van der Waals surface area (Å²) in [5.74, 6) is 3.55. The van der Waals surface area contributed by atoms with E-state index >= 15 is 0 Å². The van der Waals surface area contributed by atoms with Gasteiger partial charge in [-0.2, -0.15) is 8.42 Å². The topological polar surface area (TPSA) is 71.1 Å². The molecule has 0 saturated heterocycles. The number of hydrogen-bond acceptors (Lipinski definition) is 6. The van der Waals surface area contributed by atoms with Gasteiger partial charge in [-0.25, -0.2) is 0 Å². The standard InChI is InChI=1S/C34H62O6S/c1-8-11-12-24(4)27-13-14-28-32-29(23-31(34(27,28)6)39-18-10-3)33(5)16-15-26(37-17-9-2)21-25(33)22-30(32)38-19-20-40-41(7,35)36/h24-32H,8-23H2,1-7H3/t24-,25-,26+,27+,28-,29-,30+,31-,32-,33-,34+/m0/s1. The summed E-state index contributed by atoms with van der Waals surface area (Å²) in [6.45, 7) is 16.5. The minimum atomic E-state index is -3.47. The number of ether oxygens (including phenoxy) is 3. The maximum Gasteiger partial charge on any atom is 0.264 e. The highest BCUT2D eigenvalue weighted by molar-refractivity contribution is 7.85. The van der Waals surface area contributed by atoms with Crippen molar-refractivity contribution in [1.82, 2.24) is 0 Å². The molecule has 0 amide bonds. The zero-order valence-electron chi connectivity index (χ0n) is 27.4. The van der Waals surface area contributed by atoms with E-state index in [1.54, 1.807) is 0 Å². The minimum absolute atomic E-state index is 0.0950. The molecule has 0 aromatic rings. The maximum atomic E-state index is 11.6. The minimum Gasteiger partial charge on any atom is -0.378 e. The molecule has 0 heterocycles. The third-order valence-electron chi connectivity index (χ3n) is 12.2. The van der Waals surface area contributed by atoms with Crippen LogP contribution in [0, 0.1) is 46.3 Å². The second-order valence-corrected chi connectivity index (χ2v) is 16.3. The Kier molecular flexibility index (Phi) is 11.7. The van der Waals surface area contributed by atoms with Crippen LogP contribution >= 0.6 is 0 Å². The van der Waals surface area contributed by atoms with Gasteiger partial charge in [-0.3, -0.25) is 4.18 Å². The number of fused-ring (bicyclic) bond motifs is 5. The van der Waals surface area contributed by atoms with Crippen molar-refractivity contribution in [3.63, 3.8) is 0 Å². The van der Waals surface area contributed by atoms with Crippen LogP contribution in [-0.2, 0) is 28.5 Å². The molecular formula is C34H62O6S. The van der Waals surface area contributed by atoms with E-state index < -0.39 is 10.1 Å². The molecule has 0 radical (unpaired) electrons. The molecule has 4 aliphatic rings. The Bertz CT molecular complexity index is 924. The molecule has 6 nitrogen and oxygen atoms in total. The van der Waals surface area contributed by atoms with Crippen molar-refractivity contribution in [1.29, 1.82) is 0 Å². The summed E-state index contributed by atoms with van der Waals surface area (Å²) in [4.78, 5) is 0. The molecule has 4 rings (SSSR count). The van der Waals surface area contributed by atoms with Gasteiger partial charge in [0.05, 0.1) is 37.8 Å². The first-order chi connectivity index (χ1) is 19.5. The number of unbranched alkanes of at least 4 members (excludes halogenated alkanes) is 1. The Morgan fingerprint density at radius 3 is 2.24 bits per heavy atom. The zero-order chi connectivity index (χ0) is 29.8. The number of rotatable bonds is 15. The average Bonchev–Trinajstić information content (AvgIpc) is 3.29. The third-order valence-corrected chi connectivity index (χ3v) is 12.8. The lowest BCUT2D eigenvalue weighted by Crippen LogP contribution is -2.63. The van der Waals surface area contributed by atoms with Crippen LogP contribution < -0.4 is 0 Å². The van der Waals surface area contributed by atoms with E-state index in [0.717, 1.165) is 58.0 Å². The summed E-state index contributed by atoms with van der Waals surface area (Å²) >= 11 is 0. The largest absolute Gasteiger partial charge is 0.378 e. The Hall–Kier alpha value is -0.210. The van der Waals surface area contributed by atoms with E-state index in [1.807, 2.05) is 0 Å². The molecule has 4 saturated carbocycles. The summed E-state index contributed by atoms with van der Waals surface area (Å²) in [7, 11) is -3.47. The smallest absolute Gasteiger partial charge is 0.264 e. The lowest BCUT2D eigenvalue weighted by molar-refractivity contribution is -0.228. The van der Waals surface area contributed by atoms with E-state index in [0.29, 0.717) is 54.3 Å². The van der Waals surface area contributed by atoms with Crippen molar-refractivity contribution >= 4 is 10.1 Å². The quantitative estimate of drug-likeness (QED) is 0.142. The van der Waals surface area contributed by atoms with Gasteiger partial charge >= 0.3 is 0 Å². The van der Waals surface area contributed by atoms with Crippen molar-refractivity contribution < 1.29 is 26.8 Å². The summed E-state index contributed by atoms with van der Waals surface area (Å²) in [6, 6.07) is 0. The molecule has 41 heavy (non-hydrogen) atoms. The molecule has 0 N–H and O–H groups in total. The second-order valence-electron chi connectivity index (χ2n) is 14.7. The predicted molar refractivity (Wildman–Crippen MR) is 165 cm³/mol. The highest BCUT2D eigenvalue weighted by atomic mass is 32.2. The van der Waals surface area contributed by atoms with Crippen LogP contribution in [0.4, 0.5) is 0 Å². The molecule has 0 unspecified atom stereocenters. The van der Waals surface area contributed by atoms with E-state index in [9.17, 15) is 8.42 Å². The van der Waals surface area contributed by atoms with Crippen LogP contribution in [-0.4, -0.2) is 59.4 Å². The van der Waals surface area contributed by atoms with Crippen molar-refractivity contribution in [3.8, 4) is 0 Å². The second kappa shape index (κ2) is 14.3. The van der Waals surface area contributed by atoms with E-state index in [-0.39, 0.29) is 23.5 Å². The first kappa shape index (κ1) is 33.7. The van der Waals surface area contributed by atoms with Crippen LogP contribution in [0.15, 0.2) is 0 Å².